The van der Waals surface area contributed by atoms with Crippen LogP contribution in [0.5, 0.6) is 0 Å². The SMILES string of the molecule is Cc1ccc2c(c1)COC(=O)N2C1CCN(S(=O)(=O)C2=c3cnsc3=CCN2C)CC1. The number of hydrogen-bond donors (Lipinski definition) is 0. The van der Waals surface area contributed by atoms with Crippen LogP contribution >= 0.6 is 11.5 Å². The normalized spacial score (nSPS) is 20.2. The highest BCUT2D eigenvalue weighted by atomic mass is 32.2. The van der Waals surface area contributed by atoms with Crippen molar-refractivity contribution in [1.82, 2.24) is 13.6 Å². The van der Waals surface area contributed by atoms with Crippen LogP contribution in [0.4, 0.5) is 10.5 Å². The molecule has 0 saturated carbocycles. The zero-order valence-electron chi connectivity index (χ0n) is 17.4. The van der Waals surface area contributed by atoms with E-state index in [1.807, 2.05) is 31.2 Å². The maximum atomic E-state index is 13.5. The Morgan fingerprint density at radius 1 is 1.23 bits per heavy atom. The van der Waals surface area contributed by atoms with Crippen LogP contribution in [0.3, 0.4) is 0 Å². The molecule has 4 heterocycles. The number of sulfonamides is 1. The standard InChI is InChI=1S/C21H24N4O4S2/c1-14-3-4-18-15(11-14)13-29-21(26)25(18)16-5-9-24(10-6-16)31(27,28)20-17-12-22-30-19(17)7-8-23(20)2/h3-4,7,11-12,16H,5-6,8-10,13H2,1-2H3. The van der Waals surface area contributed by atoms with E-state index >= 15 is 0 Å². The molecule has 31 heavy (non-hydrogen) atoms. The second-order valence-corrected chi connectivity index (χ2v) is 10.9. The molecule has 2 aromatic rings. The molecule has 10 heteroatoms. The van der Waals surface area contributed by atoms with E-state index in [1.54, 1.807) is 23.0 Å². The number of ether oxygens (including phenoxy) is 1. The maximum Gasteiger partial charge on any atom is 0.414 e. The molecular weight excluding hydrogens is 436 g/mol. The number of aryl methyl sites for hydroxylation is 1. The Balaban J connectivity index is 1.40. The monoisotopic (exact) mass is 460 g/mol. The molecule has 1 aromatic carbocycles. The first-order valence-corrected chi connectivity index (χ1v) is 12.5. The van der Waals surface area contributed by atoms with Gasteiger partial charge in [0.15, 0.2) is 5.03 Å². The van der Waals surface area contributed by atoms with E-state index < -0.39 is 10.0 Å². The van der Waals surface area contributed by atoms with Gasteiger partial charge in [0.05, 0.1) is 16.4 Å². The first-order valence-electron chi connectivity index (χ1n) is 10.3. The third-order valence-electron chi connectivity index (χ3n) is 6.14. The average Bonchev–Trinajstić information content (AvgIpc) is 3.22. The van der Waals surface area contributed by atoms with Gasteiger partial charge in [-0.1, -0.05) is 17.7 Å². The highest BCUT2D eigenvalue weighted by Gasteiger charge is 2.39. The fourth-order valence-corrected chi connectivity index (χ4v) is 7.16. The van der Waals surface area contributed by atoms with E-state index in [0.29, 0.717) is 42.7 Å². The fraction of sp³-hybridized carbons (Fsp3) is 0.429. The molecule has 0 bridgehead atoms. The van der Waals surface area contributed by atoms with Gasteiger partial charge in [0.1, 0.15) is 6.61 Å². The van der Waals surface area contributed by atoms with Crippen molar-refractivity contribution in [2.24, 2.45) is 0 Å². The fourth-order valence-electron chi connectivity index (χ4n) is 4.58. The maximum absolute atomic E-state index is 13.5. The minimum atomic E-state index is -3.66. The molecule has 0 spiro atoms. The predicted octanol–water partition coefficient (Wildman–Crippen LogP) is 1.19. The minimum absolute atomic E-state index is 0.0958. The first kappa shape index (κ1) is 20.5. The Bertz CT molecular complexity index is 1260. The van der Waals surface area contributed by atoms with Gasteiger partial charge in [-0.3, -0.25) is 4.90 Å². The number of carbonyl (C=O) groups is 1. The topological polar surface area (TPSA) is 83.0 Å². The van der Waals surface area contributed by atoms with Gasteiger partial charge in [0.25, 0.3) is 10.0 Å². The summed E-state index contributed by atoms with van der Waals surface area (Å²) in [6.45, 7) is 3.53. The Kier molecular flexibility index (Phi) is 5.03. The van der Waals surface area contributed by atoms with Gasteiger partial charge < -0.3 is 9.64 Å². The molecule has 0 atom stereocenters. The number of carbonyl (C=O) groups excluding carboxylic acids is 1. The van der Waals surface area contributed by atoms with Crippen molar-refractivity contribution in [2.45, 2.75) is 32.4 Å². The number of benzene rings is 1. The van der Waals surface area contributed by atoms with Crippen LogP contribution in [-0.2, 0) is 21.4 Å². The quantitative estimate of drug-likeness (QED) is 0.685. The molecule has 0 aliphatic carbocycles. The summed E-state index contributed by atoms with van der Waals surface area (Å²) >= 11 is 1.31. The number of rotatable bonds is 3. The average molecular weight is 461 g/mol. The van der Waals surface area contributed by atoms with Gasteiger partial charge in [0.2, 0.25) is 0 Å². The lowest BCUT2D eigenvalue weighted by Crippen LogP contribution is -2.52. The molecule has 1 aromatic heterocycles. The summed E-state index contributed by atoms with van der Waals surface area (Å²) in [5.41, 5.74) is 2.97. The van der Waals surface area contributed by atoms with Crippen molar-refractivity contribution in [3.8, 4) is 0 Å². The number of hydrogen-bond acceptors (Lipinski definition) is 7. The molecule has 5 rings (SSSR count). The Morgan fingerprint density at radius 2 is 2.00 bits per heavy atom. The number of piperidine rings is 1. The Labute approximate surface area is 185 Å². The molecule has 0 N–H and O–H groups in total. The summed E-state index contributed by atoms with van der Waals surface area (Å²) < 4.78 is 39.0. The Morgan fingerprint density at radius 3 is 2.77 bits per heavy atom. The van der Waals surface area contributed by atoms with Crippen molar-refractivity contribution in [3.05, 3.63) is 45.3 Å². The zero-order valence-corrected chi connectivity index (χ0v) is 19.1. The van der Waals surface area contributed by atoms with Crippen molar-refractivity contribution in [2.75, 3.05) is 31.6 Å². The number of cyclic esters (lactones) is 1. The van der Waals surface area contributed by atoms with Gasteiger partial charge >= 0.3 is 6.09 Å². The van der Waals surface area contributed by atoms with Crippen molar-refractivity contribution >= 4 is 44.4 Å². The van der Waals surface area contributed by atoms with Crippen LogP contribution in [0.1, 0.15) is 24.0 Å². The highest BCUT2D eigenvalue weighted by Crippen LogP contribution is 2.33. The highest BCUT2D eigenvalue weighted by molar-refractivity contribution is 7.97. The van der Waals surface area contributed by atoms with Crippen LogP contribution in [0, 0.1) is 6.92 Å². The summed E-state index contributed by atoms with van der Waals surface area (Å²) in [5.74, 6) is 0. The van der Waals surface area contributed by atoms with Crippen LogP contribution in [0.2, 0.25) is 0 Å². The largest absolute Gasteiger partial charge is 0.444 e. The van der Waals surface area contributed by atoms with Gasteiger partial charge in [-0.15, -0.1) is 0 Å². The lowest BCUT2D eigenvalue weighted by atomic mass is 10.0. The molecule has 164 valence electrons. The van der Waals surface area contributed by atoms with Crippen molar-refractivity contribution in [3.63, 3.8) is 0 Å². The second kappa shape index (κ2) is 7.61. The summed E-state index contributed by atoms with van der Waals surface area (Å²) in [5, 5.41) is 0.986. The summed E-state index contributed by atoms with van der Waals surface area (Å²) in [4.78, 5) is 16.0. The van der Waals surface area contributed by atoms with Gasteiger partial charge in [0, 0.05) is 43.5 Å². The molecule has 1 amide bonds. The van der Waals surface area contributed by atoms with E-state index in [9.17, 15) is 13.2 Å². The lowest BCUT2D eigenvalue weighted by Gasteiger charge is -2.40. The molecular formula is C21H24N4O4S2. The molecule has 3 aliphatic rings. The zero-order chi connectivity index (χ0) is 21.8. The number of fused-ring (bicyclic) bond motifs is 2. The van der Waals surface area contributed by atoms with E-state index in [-0.39, 0.29) is 18.7 Å². The first-order chi connectivity index (χ1) is 14.9. The van der Waals surface area contributed by atoms with E-state index in [1.165, 1.54) is 15.8 Å². The number of nitrogens with zero attached hydrogens (tertiary/aromatic N) is 4. The van der Waals surface area contributed by atoms with Crippen LogP contribution in [0.25, 0.3) is 11.1 Å². The van der Waals surface area contributed by atoms with Crippen LogP contribution in [0.15, 0.2) is 24.4 Å². The predicted molar refractivity (Wildman–Crippen MR) is 119 cm³/mol. The molecule has 3 aliphatic heterocycles. The molecule has 0 unspecified atom stereocenters. The Hall–Kier alpha value is -2.43. The minimum Gasteiger partial charge on any atom is -0.444 e. The van der Waals surface area contributed by atoms with Crippen molar-refractivity contribution < 1.29 is 17.9 Å². The summed E-state index contributed by atoms with van der Waals surface area (Å²) in [6.07, 6.45) is 4.39. The van der Waals surface area contributed by atoms with E-state index in [2.05, 4.69) is 4.37 Å². The third-order valence-corrected chi connectivity index (χ3v) is 9.00. The van der Waals surface area contributed by atoms with Gasteiger partial charge in [-0.05, 0) is 43.4 Å². The molecule has 1 saturated heterocycles. The van der Waals surface area contributed by atoms with E-state index in [0.717, 1.165) is 21.3 Å². The van der Waals surface area contributed by atoms with E-state index in [4.69, 9.17) is 4.74 Å². The van der Waals surface area contributed by atoms with Gasteiger partial charge in [-0.25, -0.2) is 13.2 Å². The number of anilines is 1. The smallest absolute Gasteiger partial charge is 0.414 e. The summed E-state index contributed by atoms with van der Waals surface area (Å²) in [7, 11) is -1.87. The van der Waals surface area contributed by atoms with Crippen LogP contribution < -0.4 is 14.7 Å². The summed E-state index contributed by atoms with van der Waals surface area (Å²) in [6, 6.07) is 5.89. The number of aromatic nitrogens is 1. The van der Waals surface area contributed by atoms with Gasteiger partial charge in [-0.2, -0.15) is 8.68 Å². The van der Waals surface area contributed by atoms with Crippen molar-refractivity contribution in [1.29, 1.82) is 0 Å². The molecule has 1 fully saturated rings. The third kappa shape index (κ3) is 3.42. The lowest BCUT2D eigenvalue weighted by molar-refractivity contribution is 0.136. The number of amides is 1. The second-order valence-electron chi connectivity index (χ2n) is 8.19. The van der Waals surface area contributed by atoms with Crippen LogP contribution in [-0.4, -0.2) is 60.8 Å². The molecule has 0 radical (unpaired) electrons. The molecule has 8 nitrogen and oxygen atoms in total.